The average molecular weight is 465 g/mol. The lowest BCUT2D eigenvalue weighted by molar-refractivity contribution is -0.113. The van der Waals surface area contributed by atoms with Crippen molar-refractivity contribution in [2.45, 2.75) is 31.1 Å². The Morgan fingerprint density at radius 1 is 1.27 bits per heavy atom. The zero-order valence-corrected chi connectivity index (χ0v) is 18.0. The van der Waals surface area contributed by atoms with Crippen LogP contribution in [0.3, 0.4) is 0 Å². The first kappa shape index (κ1) is 20.7. The van der Waals surface area contributed by atoms with Gasteiger partial charge in [0.05, 0.1) is 11.3 Å². The standard InChI is InChI=1S/C19H17ClN4O4S2/c20-10-4-6-11(7-5-10)27-8-15-23-24-19(28-15)29-9-14(25)22-18-16(17(21)26)12-2-1-3-13(12)30-18/h4-7H,1-3,8-9H2,(H2,21,26)(H,22,25). The number of primary amides is 1. The van der Waals surface area contributed by atoms with Gasteiger partial charge in [0.25, 0.3) is 17.0 Å². The number of rotatable bonds is 8. The summed E-state index contributed by atoms with van der Waals surface area (Å²) in [7, 11) is 0. The number of aromatic nitrogens is 2. The highest BCUT2D eigenvalue weighted by molar-refractivity contribution is 7.99. The van der Waals surface area contributed by atoms with Crippen LogP contribution in [0.5, 0.6) is 5.75 Å². The van der Waals surface area contributed by atoms with Crippen molar-refractivity contribution >= 4 is 51.5 Å². The lowest BCUT2D eigenvalue weighted by Crippen LogP contribution is -2.18. The molecule has 30 heavy (non-hydrogen) atoms. The molecule has 2 amide bonds. The van der Waals surface area contributed by atoms with Crippen LogP contribution in [0.2, 0.25) is 5.02 Å². The minimum Gasteiger partial charge on any atom is -0.484 e. The number of ether oxygens (including phenoxy) is 1. The van der Waals surface area contributed by atoms with E-state index in [9.17, 15) is 9.59 Å². The summed E-state index contributed by atoms with van der Waals surface area (Å²) in [5, 5.41) is 12.0. The van der Waals surface area contributed by atoms with Crippen LogP contribution >= 0.6 is 34.7 Å². The van der Waals surface area contributed by atoms with Gasteiger partial charge in [-0.3, -0.25) is 9.59 Å². The first-order valence-corrected chi connectivity index (χ1v) is 11.3. The van der Waals surface area contributed by atoms with Gasteiger partial charge in [0.15, 0.2) is 6.61 Å². The second kappa shape index (κ2) is 9.07. The number of hydrogen-bond donors (Lipinski definition) is 2. The minimum atomic E-state index is -0.514. The molecule has 0 spiro atoms. The van der Waals surface area contributed by atoms with Crippen LogP contribution < -0.4 is 15.8 Å². The van der Waals surface area contributed by atoms with Crippen LogP contribution in [0.4, 0.5) is 5.00 Å². The summed E-state index contributed by atoms with van der Waals surface area (Å²) in [5.41, 5.74) is 6.92. The van der Waals surface area contributed by atoms with Gasteiger partial charge in [0, 0.05) is 9.90 Å². The van der Waals surface area contributed by atoms with Gasteiger partial charge in [-0.1, -0.05) is 23.4 Å². The normalized spacial score (nSPS) is 12.6. The van der Waals surface area contributed by atoms with E-state index < -0.39 is 5.91 Å². The molecule has 0 saturated heterocycles. The Morgan fingerprint density at radius 2 is 2.07 bits per heavy atom. The number of aryl methyl sites for hydroxylation is 1. The predicted molar refractivity (Wildman–Crippen MR) is 114 cm³/mol. The van der Waals surface area contributed by atoms with Gasteiger partial charge in [-0.25, -0.2) is 0 Å². The molecule has 11 heteroatoms. The molecular weight excluding hydrogens is 448 g/mol. The molecular formula is C19H17ClN4O4S2. The number of halogens is 1. The fourth-order valence-electron chi connectivity index (χ4n) is 3.07. The van der Waals surface area contributed by atoms with Gasteiger partial charge in [-0.2, -0.15) is 0 Å². The smallest absolute Gasteiger partial charge is 0.277 e. The van der Waals surface area contributed by atoms with Gasteiger partial charge in [0.2, 0.25) is 5.91 Å². The maximum absolute atomic E-state index is 12.3. The van der Waals surface area contributed by atoms with Crippen molar-refractivity contribution in [1.29, 1.82) is 0 Å². The molecule has 1 aromatic carbocycles. The SMILES string of the molecule is NC(=O)c1c(NC(=O)CSc2nnc(COc3ccc(Cl)cc3)o2)sc2c1CCC2. The van der Waals surface area contributed by atoms with Crippen LogP contribution in [-0.4, -0.2) is 27.8 Å². The van der Waals surface area contributed by atoms with Crippen molar-refractivity contribution in [3.8, 4) is 5.75 Å². The third-order valence-electron chi connectivity index (χ3n) is 4.37. The molecule has 0 unspecified atom stereocenters. The number of thioether (sulfide) groups is 1. The van der Waals surface area contributed by atoms with Crippen LogP contribution in [-0.2, 0) is 24.2 Å². The Morgan fingerprint density at radius 3 is 2.83 bits per heavy atom. The molecule has 3 N–H and O–H groups in total. The number of nitrogens with two attached hydrogens (primary N) is 1. The molecule has 156 valence electrons. The Hall–Kier alpha value is -2.56. The summed E-state index contributed by atoms with van der Waals surface area (Å²) in [6.45, 7) is 0.101. The number of fused-ring (bicyclic) bond motifs is 1. The van der Waals surface area contributed by atoms with E-state index in [1.54, 1.807) is 24.3 Å². The highest BCUT2D eigenvalue weighted by atomic mass is 35.5. The van der Waals surface area contributed by atoms with E-state index in [-0.39, 0.29) is 23.5 Å². The fourth-order valence-corrected chi connectivity index (χ4v) is 5.09. The van der Waals surface area contributed by atoms with Crippen molar-refractivity contribution < 1.29 is 18.7 Å². The molecule has 0 aliphatic heterocycles. The van der Waals surface area contributed by atoms with E-state index in [1.807, 2.05) is 0 Å². The highest BCUT2D eigenvalue weighted by Crippen LogP contribution is 2.38. The predicted octanol–water partition coefficient (Wildman–Crippen LogP) is 3.68. The third kappa shape index (κ3) is 4.77. The summed E-state index contributed by atoms with van der Waals surface area (Å²) in [5.74, 6) is 0.178. The summed E-state index contributed by atoms with van der Waals surface area (Å²) in [4.78, 5) is 25.3. The van der Waals surface area contributed by atoms with Crippen molar-refractivity contribution in [2.24, 2.45) is 5.73 Å². The molecule has 0 atom stereocenters. The lowest BCUT2D eigenvalue weighted by Gasteiger charge is -2.05. The number of hydrogen-bond acceptors (Lipinski definition) is 8. The molecule has 0 radical (unpaired) electrons. The number of amides is 2. The van der Waals surface area contributed by atoms with E-state index in [0.29, 0.717) is 27.2 Å². The van der Waals surface area contributed by atoms with Gasteiger partial charge in [0.1, 0.15) is 10.8 Å². The van der Waals surface area contributed by atoms with E-state index in [4.69, 9.17) is 26.5 Å². The second-order valence-electron chi connectivity index (χ2n) is 6.47. The quantitative estimate of drug-likeness (QED) is 0.488. The van der Waals surface area contributed by atoms with Gasteiger partial charge >= 0.3 is 0 Å². The van der Waals surface area contributed by atoms with E-state index in [1.165, 1.54) is 11.3 Å². The number of carbonyl (C=O) groups is 2. The lowest BCUT2D eigenvalue weighted by atomic mass is 10.1. The molecule has 3 aromatic rings. The topological polar surface area (TPSA) is 120 Å². The number of benzene rings is 1. The summed E-state index contributed by atoms with van der Waals surface area (Å²) < 4.78 is 11.0. The Kier molecular flexibility index (Phi) is 6.26. The zero-order chi connectivity index (χ0) is 21.1. The summed E-state index contributed by atoms with van der Waals surface area (Å²) >= 11 is 8.35. The van der Waals surface area contributed by atoms with E-state index in [0.717, 1.165) is 41.5 Å². The monoisotopic (exact) mass is 464 g/mol. The van der Waals surface area contributed by atoms with Crippen LogP contribution in [0.1, 0.15) is 33.1 Å². The zero-order valence-electron chi connectivity index (χ0n) is 15.6. The largest absolute Gasteiger partial charge is 0.484 e. The minimum absolute atomic E-state index is 0.0560. The van der Waals surface area contributed by atoms with Gasteiger partial charge < -0.3 is 20.2 Å². The van der Waals surface area contributed by atoms with Crippen molar-refractivity contribution in [3.05, 3.63) is 51.2 Å². The maximum atomic E-state index is 12.3. The van der Waals surface area contributed by atoms with Crippen molar-refractivity contribution in [3.63, 3.8) is 0 Å². The van der Waals surface area contributed by atoms with Crippen LogP contribution in [0.25, 0.3) is 0 Å². The Labute approximate surface area is 185 Å². The van der Waals surface area contributed by atoms with Gasteiger partial charge in [-0.05, 0) is 49.1 Å². The highest BCUT2D eigenvalue weighted by Gasteiger charge is 2.26. The average Bonchev–Trinajstić information content (AvgIpc) is 3.41. The van der Waals surface area contributed by atoms with Gasteiger partial charge in [-0.15, -0.1) is 21.5 Å². The van der Waals surface area contributed by atoms with Crippen molar-refractivity contribution in [2.75, 3.05) is 11.1 Å². The molecule has 0 fully saturated rings. The Balaban J connectivity index is 1.30. The first-order valence-electron chi connectivity index (χ1n) is 9.07. The van der Waals surface area contributed by atoms with E-state index in [2.05, 4.69) is 15.5 Å². The van der Waals surface area contributed by atoms with E-state index >= 15 is 0 Å². The number of thiophene rings is 1. The second-order valence-corrected chi connectivity index (χ2v) is 8.94. The number of nitrogens with one attached hydrogen (secondary N) is 1. The summed E-state index contributed by atoms with van der Waals surface area (Å²) in [6.07, 6.45) is 2.73. The molecule has 4 rings (SSSR count). The molecule has 8 nitrogen and oxygen atoms in total. The third-order valence-corrected chi connectivity index (χ3v) is 6.65. The van der Waals surface area contributed by atoms with Crippen LogP contribution in [0.15, 0.2) is 33.9 Å². The van der Waals surface area contributed by atoms with Crippen LogP contribution in [0, 0.1) is 0 Å². The first-order chi connectivity index (χ1) is 14.5. The molecule has 2 heterocycles. The maximum Gasteiger partial charge on any atom is 0.277 e. The molecule has 1 aliphatic rings. The van der Waals surface area contributed by atoms with Crippen molar-refractivity contribution in [1.82, 2.24) is 10.2 Å². The number of nitrogens with zero attached hydrogens (tertiary/aromatic N) is 2. The summed E-state index contributed by atoms with van der Waals surface area (Å²) in [6, 6.07) is 6.91. The number of carbonyl (C=O) groups excluding carboxylic acids is 2. The fraction of sp³-hybridized carbons (Fsp3) is 0.263. The Bertz CT molecular complexity index is 1080. The molecule has 0 bridgehead atoms. The molecule has 1 aliphatic carbocycles. The molecule has 0 saturated carbocycles. The molecule has 2 aromatic heterocycles. The number of anilines is 1.